The summed E-state index contributed by atoms with van der Waals surface area (Å²) >= 11 is -3.44. The molecular formula is C56H110O6S3Sn. The van der Waals surface area contributed by atoms with Crippen molar-refractivity contribution in [1.29, 1.82) is 0 Å². The van der Waals surface area contributed by atoms with Crippen LogP contribution in [0.25, 0.3) is 0 Å². The Morgan fingerprint density at radius 1 is 0.273 bits per heavy atom. The van der Waals surface area contributed by atoms with Gasteiger partial charge in [-0.1, -0.05) is 117 Å². The van der Waals surface area contributed by atoms with E-state index in [1.165, 1.54) is 218 Å². The van der Waals surface area contributed by atoms with Gasteiger partial charge in [-0.15, -0.1) is 0 Å². The standard InChI is InChI=1S/3C16H32O2S.C8H17.Sn/c3*1-2-3-4-5-6-7-8-9-10-11-12-13-14-18-16(17)15-19;1-3-5-7-8-6-4-2;/h3*19H,2-15H2,1H3;1,3-8H2,2H3;/q;;;;+3/p-3. The summed E-state index contributed by atoms with van der Waals surface area (Å²) in [7, 11) is 5.27. The van der Waals surface area contributed by atoms with E-state index in [0.29, 0.717) is 37.1 Å². The molecule has 0 aromatic carbocycles. The molecule has 0 rings (SSSR count). The van der Waals surface area contributed by atoms with Crippen LogP contribution in [0.1, 0.15) is 297 Å². The Bertz CT molecular complexity index is 923. The fraction of sp³-hybridized carbons (Fsp3) is 0.946. The molecule has 0 aromatic heterocycles. The Labute approximate surface area is 423 Å². The van der Waals surface area contributed by atoms with E-state index in [1.807, 2.05) is 0 Å². The molecule has 392 valence electrons. The first-order valence-corrected chi connectivity index (χ1v) is 44.3. The summed E-state index contributed by atoms with van der Waals surface area (Å²) in [4.78, 5) is 39.6. The van der Waals surface area contributed by atoms with Crippen LogP contribution < -0.4 is 0 Å². The minimum atomic E-state index is -3.44. The molecule has 0 atom stereocenters. The second-order valence-corrected chi connectivity index (χ2v) is 53.1. The van der Waals surface area contributed by atoms with E-state index < -0.39 is 14.2 Å². The van der Waals surface area contributed by atoms with Gasteiger partial charge in [0.15, 0.2) is 0 Å². The first-order valence-electron chi connectivity index (χ1n) is 28.8. The number of rotatable bonds is 55. The van der Waals surface area contributed by atoms with Crippen molar-refractivity contribution in [2.75, 3.05) is 37.1 Å². The molecule has 6 nitrogen and oxygen atoms in total. The summed E-state index contributed by atoms with van der Waals surface area (Å²) in [5.74, 6) is 0.427. The van der Waals surface area contributed by atoms with Crippen molar-refractivity contribution < 1.29 is 28.6 Å². The van der Waals surface area contributed by atoms with Gasteiger partial charge in [-0.25, -0.2) is 0 Å². The summed E-state index contributed by atoms with van der Waals surface area (Å²) in [6, 6.07) is 0. The predicted molar refractivity (Wildman–Crippen MR) is 297 cm³/mol. The Kier molecular flexibility index (Phi) is 54.8. The van der Waals surface area contributed by atoms with Gasteiger partial charge in [0.2, 0.25) is 0 Å². The SMILES string of the molecule is CCCCCCCCCCCCCCOC(=O)C[S][Sn]([CH2]CCCCCCC)([S]CC(=O)OCCCCCCCCCCCCCC)[S]CC(=O)OCCCCCCCCCCCCCC. The Hall–Kier alpha value is 0.259. The molecule has 0 amide bonds. The van der Waals surface area contributed by atoms with Gasteiger partial charge < -0.3 is 0 Å². The topological polar surface area (TPSA) is 78.9 Å². The van der Waals surface area contributed by atoms with E-state index in [1.54, 1.807) is 26.8 Å². The fourth-order valence-corrected chi connectivity index (χ4v) is 42.0. The van der Waals surface area contributed by atoms with Gasteiger partial charge >= 0.3 is 309 Å². The molecule has 0 saturated heterocycles. The Balaban J connectivity index is 5.07. The van der Waals surface area contributed by atoms with Crippen molar-refractivity contribution in [3.05, 3.63) is 0 Å². The predicted octanol–water partition coefficient (Wildman–Crippen LogP) is 19.2. The smallest absolute Gasteiger partial charge is 0.0654 e. The molecule has 0 aliphatic carbocycles. The zero-order valence-corrected chi connectivity index (χ0v) is 49.6. The summed E-state index contributed by atoms with van der Waals surface area (Å²) < 4.78 is 18.4. The van der Waals surface area contributed by atoms with Crippen LogP contribution in [0.2, 0.25) is 4.44 Å². The molecule has 0 N–H and O–H groups in total. The summed E-state index contributed by atoms with van der Waals surface area (Å²) in [5, 5.41) is 0. The van der Waals surface area contributed by atoms with Gasteiger partial charge in [0.1, 0.15) is 0 Å². The number of ether oxygens (including phenoxy) is 3. The van der Waals surface area contributed by atoms with Crippen molar-refractivity contribution in [2.45, 2.75) is 302 Å². The van der Waals surface area contributed by atoms with E-state index >= 15 is 0 Å². The number of unbranched alkanes of at least 4 members (excludes halogenated alkanes) is 38. The second-order valence-electron chi connectivity index (χ2n) is 19.4. The number of carbonyl (C=O) groups excluding carboxylic acids is 3. The van der Waals surface area contributed by atoms with Crippen LogP contribution in [0.3, 0.4) is 0 Å². The van der Waals surface area contributed by atoms with Crippen LogP contribution >= 0.6 is 26.8 Å². The number of carbonyl (C=O) groups is 3. The third-order valence-electron chi connectivity index (χ3n) is 12.8. The van der Waals surface area contributed by atoms with E-state index in [4.69, 9.17) is 14.2 Å². The van der Waals surface area contributed by atoms with Crippen molar-refractivity contribution in [1.82, 2.24) is 0 Å². The average molecular weight is 1090 g/mol. The third kappa shape index (κ3) is 49.2. The molecule has 0 aromatic rings. The monoisotopic (exact) mass is 1090 g/mol. The van der Waals surface area contributed by atoms with Crippen molar-refractivity contribution in [3.63, 3.8) is 0 Å². The van der Waals surface area contributed by atoms with Gasteiger partial charge in [-0.2, -0.15) is 0 Å². The fourth-order valence-electron chi connectivity index (χ4n) is 8.48. The van der Waals surface area contributed by atoms with Crippen LogP contribution in [0.4, 0.5) is 0 Å². The number of esters is 3. The molecule has 0 aliphatic heterocycles. The average Bonchev–Trinajstić information content (AvgIpc) is 3.32. The van der Waals surface area contributed by atoms with Crippen LogP contribution in [0.5, 0.6) is 0 Å². The second kappa shape index (κ2) is 54.6. The van der Waals surface area contributed by atoms with Crippen LogP contribution in [0.15, 0.2) is 0 Å². The van der Waals surface area contributed by atoms with Crippen molar-refractivity contribution in [3.8, 4) is 0 Å². The molecule has 0 spiro atoms. The molecular weight excluding hydrogens is 984 g/mol. The molecule has 10 heteroatoms. The molecule has 0 unspecified atom stereocenters. The van der Waals surface area contributed by atoms with E-state index in [0.717, 1.165) is 55.8 Å². The summed E-state index contributed by atoms with van der Waals surface area (Å²) in [5.41, 5.74) is 0. The Morgan fingerprint density at radius 3 is 0.667 bits per heavy atom. The normalized spacial score (nSPS) is 11.6. The van der Waals surface area contributed by atoms with Gasteiger partial charge in [0.05, 0.1) is 0 Å². The van der Waals surface area contributed by atoms with Gasteiger partial charge in [-0.3, -0.25) is 0 Å². The summed E-state index contributed by atoms with van der Waals surface area (Å²) in [6.45, 7) is 10.5. The molecule has 66 heavy (non-hydrogen) atoms. The van der Waals surface area contributed by atoms with Crippen LogP contribution in [-0.4, -0.2) is 69.2 Å². The van der Waals surface area contributed by atoms with E-state index in [-0.39, 0.29) is 17.9 Å². The minimum absolute atomic E-state index is 0.155. The van der Waals surface area contributed by atoms with E-state index in [9.17, 15) is 14.4 Å². The van der Waals surface area contributed by atoms with Gasteiger partial charge in [0, 0.05) is 0 Å². The molecule has 0 heterocycles. The third-order valence-corrected chi connectivity index (χ3v) is 51.4. The summed E-state index contributed by atoms with van der Waals surface area (Å²) in [6.07, 6.45) is 53.2. The first kappa shape index (κ1) is 66.3. The quantitative estimate of drug-likeness (QED) is 0.0256. The molecule has 0 fully saturated rings. The number of hydrogen-bond donors (Lipinski definition) is 0. The molecule has 0 radical (unpaired) electrons. The van der Waals surface area contributed by atoms with Gasteiger partial charge in [0.25, 0.3) is 0 Å². The Morgan fingerprint density at radius 2 is 0.455 bits per heavy atom. The molecule has 0 aliphatic rings. The minimum Gasteiger partial charge on any atom is -0.0654 e. The maximum atomic E-state index is 13.2. The zero-order valence-electron chi connectivity index (χ0n) is 44.3. The van der Waals surface area contributed by atoms with Crippen LogP contribution in [0, 0.1) is 0 Å². The zero-order chi connectivity index (χ0) is 48.1. The van der Waals surface area contributed by atoms with Crippen molar-refractivity contribution in [2.24, 2.45) is 0 Å². The first-order chi connectivity index (χ1) is 32.4. The van der Waals surface area contributed by atoms with Crippen molar-refractivity contribution >= 4 is 59.0 Å². The van der Waals surface area contributed by atoms with Gasteiger partial charge in [-0.05, 0) is 0 Å². The number of hydrogen-bond acceptors (Lipinski definition) is 9. The molecule has 0 bridgehead atoms. The van der Waals surface area contributed by atoms with E-state index in [2.05, 4.69) is 27.7 Å². The molecule has 0 saturated carbocycles. The van der Waals surface area contributed by atoms with Crippen LogP contribution in [-0.2, 0) is 28.6 Å². The maximum absolute atomic E-state index is 13.2.